The molecule has 0 radical (unpaired) electrons. The standard InChI is InChI=1S/C15H20O3.C2F6O5S2/c1-10-11-5-4-6-13(17)12(11)7-8-14(10)18-15(2,3)9-16;3-1(4,5)14(9,10)13-15(11,12)2(6,7)8/h7-8,16H,4-6,9H2,1-3H3;. The van der Waals surface area contributed by atoms with Crippen LogP contribution in [0.4, 0.5) is 26.3 Å². The van der Waals surface area contributed by atoms with E-state index in [1.54, 1.807) is 0 Å². The first-order valence-corrected chi connectivity index (χ1v) is 11.8. The fourth-order valence-electron chi connectivity index (χ4n) is 2.51. The van der Waals surface area contributed by atoms with Crippen molar-refractivity contribution in [2.45, 2.75) is 56.7 Å². The second-order valence-electron chi connectivity index (χ2n) is 7.38. The molecule has 0 aliphatic heterocycles. The minimum absolute atomic E-state index is 0.0392. The molecule has 1 aliphatic carbocycles. The Bertz CT molecular complexity index is 1050. The van der Waals surface area contributed by atoms with Gasteiger partial charge in [0.25, 0.3) is 0 Å². The van der Waals surface area contributed by atoms with E-state index in [0.29, 0.717) is 6.42 Å². The summed E-state index contributed by atoms with van der Waals surface area (Å²) in [6.07, 6.45) is 2.50. The smallest absolute Gasteiger partial charge is 0.485 e. The molecule has 1 aromatic rings. The van der Waals surface area contributed by atoms with Crippen molar-refractivity contribution in [3.63, 3.8) is 0 Å². The molecular formula is C17H20F6O8S2. The summed E-state index contributed by atoms with van der Waals surface area (Å²) in [6.45, 7) is 5.64. The number of aliphatic hydroxyl groups is 1. The van der Waals surface area contributed by atoms with Gasteiger partial charge in [-0.1, -0.05) is 0 Å². The van der Waals surface area contributed by atoms with Gasteiger partial charge in [0.2, 0.25) is 0 Å². The zero-order chi connectivity index (χ0) is 26.0. The van der Waals surface area contributed by atoms with Gasteiger partial charge in [0, 0.05) is 12.0 Å². The van der Waals surface area contributed by atoms with E-state index < -0.39 is 36.9 Å². The average Bonchev–Trinajstić information content (AvgIpc) is 2.62. The second kappa shape index (κ2) is 9.76. The third-order valence-electron chi connectivity index (χ3n) is 4.19. The Labute approximate surface area is 185 Å². The molecule has 1 aromatic carbocycles. The molecule has 0 saturated carbocycles. The summed E-state index contributed by atoms with van der Waals surface area (Å²) >= 11 is 0. The summed E-state index contributed by atoms with van der Waals surface area (Å²) in [5.41, 5.74) is -10.1. The SMILES string of the molecule is Cc1c(OC(C)(C)CO)ccc2c1CCCC2=O.O=S(=O)(OS(=O)(=O)C(F)(F)F)C(F)(F)F. The number of carbonyl (C=O) groups excluding carboxylic acids is 1. The van der Waals surface area contributed by atoms with Gasteiger partial charge in [0.1, 0.15) is 11.4 Å². The van der Waals surface area contributed by atoms with Crippen molar-refractivity contribution in [1.29, 1.82) is 0 Å². The molecule has 0 atom stereocenters. The maximum atomic E-state index is 11.8. The highest BCUT2D eigenvalue weighted by atomic mass is 32.3. The van der Waals surface area contributed by atoms with E-state index in [1.807, 2.05) is 36.5 Å². The zero-order valence-corrected chi connectivity index (χ0v) is 19.0. The van der Waals surface area contributed by atoms with E-state index >= 15 is 0 Å². The summed E-state index contributed by atoms with van der Waals surface area (Å²) < 4.78 is 116. The van der Waals surface area contributed by atoms with Gasteiger partial charge in [0.05, 0.1) is 6.61 Å². The maximum Gasteiger partial charge on any atom is 0.524 e. The highest BCUT2D eigenvalue weighted by molar-refractivity contribution is 8.00. The maximum absolute atomic E-state index is 11.8. The van der Waals surface area contributed by atoms with Gasteiger partial charge in [-0.25, -0.2) is 0 Å². The van der Waals surface area contributed by atoms with Crippen molar-refractivity contribution in [2.24, 2.45) is 0 Å². The minimum Gasteiger partial charge on any atom is -0.485 e. The van der Waals surface area contributed by atoms with Crippen LogP contribution in [-0.4, -0.2) is 50.9 Å². The van der Waals surface area contributed by atoms with Crippen LogP contribution in [0.1, 0.15) is 48.2 Å². The molecule has 190 valence electrons. The first kappa shape index (κ1) is 29.1. The van der Waals surface area contributed by atoms with Gasteiger partial charge in [-0.3, -0.25) is 4.79 Å². The molecule has 8 nitrogen and oxygen atoms in total. The molecular weight excluding hydrogens is 510 g/mol. The van der Waals surface area contributed by atoms with Gasteiger partial charge in [0.15, 0.2) is 5.78 Å². The number of alkyl halides is 6. The van der Waals surface area contributed by atoms with E-state index in [4.69, 9.17) is 4.74 Å². The van der Waals surface area contributed by atoms with Crippen LogP contribution in [0, 0.1) is 6.92 Å². The number of ether oxygens (including phenoxy) is 1. The van der Waals surface area contributed by atoms with Crippen LogP contribution < -0.4 is 4.74 Å². The molecule has 0 heterocycles. The number of rotatable bonds is 5. The van der Waals surface area contributed by atoms with Crippen LogP contribution in [0.2, 0.25) is 0 Å². The van der Waals surface area contributed by atoms with Gasteiger partial charge in [-0.05, 0) is 56.9 Å². The van der Waals surface area contributed by atoms with Crippen LogP contribution in [0.3, 0.4) is 0 Å². The summed E-state index contributed by atoms with van der Waals surface area (Å²) in [5.74, 6) is 0.995. The predicted octanol–water partition coefficient (Wildman–Crippen LogP) is 3.37. The summed E-state index contributed by atoms with van der Waals surface area (Å²) in [7, 11) is -13.7. The number of hydrogen-bond acceptors (Lipinski definition) is 8. The van der Waals surface area contributed by atoms with E-state index in [0.717, 1.165) is 35.3 Å². The van der Waals surface area contributed by atoms with Gasteiger partial charge in [-0.2, -0.15) is 43.2 Å². The lowest BCUT2D eigenvalue weighted by Gasteiger charge is -2.27. The molecule has 1 aliphatic rings. The minimum atomic E-state index is -6.85. The highest BCUT2D eigenvalue weighted by Crippen LogP contribution is 2.33. The molecule has 0 unspecified atom stereocenters. The quantitative estimate of drug-likeness (QED) is 0.454. The topological polar surface area (TPSA) is 124 Å². The second-order valence-corrected chi connectivity index (χ2v) is 10.7. The highest BCUT2D eigenvalue weighted by Gasteiger charge is 2.57. The average molecular weight is 530 g/mol. The predicted molar refractivity (Wildman–Crippen MR) is 101 cm³/mol. The van der Waals surface area contributed by atoms with Crippen molar-refractivity contribution < 1.29 is 61.4 Å². The number of halogens is 6. The summed E-state index contributed by atoms with van der Waals surface area (Å²) in [5, 5.41) is 9.25. The largest absolute Gasteiger partial charge is 0.524 e. The van der Waals surface area contributed by atoms with Gasteiger partial charge in [-0.15, -0.1) is 3.63 Å². The number of carbonyl (C=O) groups is 1. The van der Waals surface area contributed by atoms with Crippen LogP contribution in [0.15, 0.2) is 12.1 Å². The van der Waals surface area contributed by atoms with Crippen LogP contribution >= 0.6 is 0 Å². The Morgan fingerprint density at radius 2 is 1.42 bits per heavy atom. The van der Waals surface area contributed by atoms with Crippen molar-refractivity contribution in [3.05, 3.63) is 28.8 Å². The molecule has 0 spiro atoms. The van der Waals surface area contributed by atoms with Crippen molar-refractivity contribution in [3.8, 4) is 5.75 Å². The molecule has 0 saturated heterocycles. The molecule has 0 bridgehead atoms. The number of aliphatic hydroxyl groups excluding tert-OH is 1. The number of ketones is 1. The molecule has 33 heavy (non-hydrogen) atoms. The number of benzene rings is 1. The third kappa shape index (κ3) is 7.28. The Balaban J connectivity index is 0.000000337. The van der Waals surface area contributed by atoms with E-state index in [1.165, 1.54) is 0 Å². The summed E-state index contributed by atoms with van der Waals surface area (Å²) in [4.78, 5) is 11.8. The normalized spacial score (nSPS) is 15.4. The first-order valence-electron chi connectivity index (χ1n) is 8.94. The number of Topliss-reactive ketones (excluding diaryl/α,β-unsaturated/α-hetero) is 1. The molecule has 1 N–H and O–H groups in total. The third-order valence-corrected chi connectivity index (χ3v) is 6.76. The number of fused-ring (bicyclic) bond motifs is 1. The Hall–Kier alpha value is -1.91. The van der Waals surface area contributed by atoms with E-state index in [-0.39, 0.29) is 12.4 Å². The fraction of sp³-hybridized carbons (Fsp3) is 0.588. The van der Waals surface area contributed by atoms with Gasteiger partial charge >= 0.3 is 31.3 Å². The molecule has 0 aromatic heterocycles. The van der Waals surface area contributed by atoms with Crippen molar-refractivity contribution in [2.75, 3.05) is 6.61 Å². The molecule has 0 amide bonds. The van der Waals surface area contributed by atoms with Crippen molar-refractivity contribution in [1.82, 2.24) is 0 Å². The molecule has 16 heteroatoms. The van der Waals surface area contributed by atoms with E-state index in [2.05, 4.69) is 0 Å². The fourth-order valence-corrected chi connectivity index (χ4v) is 4.08. The molecule has 0 fully saturated rings. The van der Waals surface area contributed by atoms with Crippen molar-refractivity contribution >= 4 is 26.0 Å². The van der Waals surface area contributed by atoms with Crippen LogP contribution in [0.5, 0.6) is 5.75 Å². The first-order chi connectivity index (χ1) is 14.7. The van der Waals surface area contributed by atoms with Gasteiger partial charge < -0.3 is 9.84 Å². The Morgan fingerprint density at radius 1 is 0.939 bits per heavy atom. The molecule has 2 rings (SSSR count). The summed E-state index contributed by atoms with van der Waals surface area (Å²) in [6, 6.07) is 3.70. The van der Waals surface area contributed by atoms with Crippen LogP contribution in [0.25, 0.3) is 0 Å². The lowest BCUT2D eigenvalue weighted by molar-refractivity contribution is -0.0585. The Morgan fingerprint density at radius 3 is 1.85 bits per heavy atom. The lowest BCUT2D eigenvalue weighted by Crippen LogP contribution is -2.34. The zero-order valence-electron chi connectivity index (χ0n) is 17.4. The number of hydrogen-bond donors (Lipinski definition) is 1. The van der Waals surface area contributed by atoms with Crippen LogP contribution in [-0.2, 0) is 30.3 Å². The van der Waals surface area contributed by atoms with E-state index in [9.17, 15) is 53.1 Å². The Kier molecular flexibility index (Phi) is 8.61. The monoisotopic (exact) mass is 530 g/mol. The lowest BCUT2D eigenvalue weighted by atomic mass is 9.87.